The molecule has 0 aromatic heterocycles. The van der Waals surface area contributed by atoms with Crippen LogP contribution in [0.25, 0.3) is 0 Å². The first-order valence-electron chi connectivity index (χ1n) is 6.24. The Morgan fingerprint density at radius 2 is 1.94 bits per heavy atom. The molecule has 0 saturated carbocycles. The Hall–Kier alpha value is -1.02. The minimum absolute atomic E-state index is 0.352. The molecule has 2 rings (SSSR count). The second-order valence-corrected chi connectivity index (χ2v) is 4.83. The number of likely N-dealkylation sites (tertiary alicyclic amines) is 1. The predicted octanol–water partition coefficient (Wildman–Crippen LogP) is 3.16. The summed E-state index contributed by atoms with van der Waals surface area (Å²) in [5, 5.41) is 9.25. The Morgan fingerprint density at radius 1 is 1.25 bits per heavy atom. The van der Waals surface area contributed by atoms with E-state index in [1.165, 1.54) is 24.8 Å². The molecule has 1 N–H and O–H groups in total. The zero-order valence-electron chi connectivity index (χ0n) is 10.2. The fourth-order valence-corrected chi connectivity index (χ4v) is 2.66. The van der Waals surface area contributed by atoms with Gasteiger partial charge in [0, 0.05) is 18.6 Å². The number of aromatic hydroxyl groups is 1. The first kappa shape index (κ1) is 11.5. The van der Waals surface area contributed by atoms with Gasteiger partial charge in [-0.2, -0.15) is 0 Å². The summed E-state index contributed by atoms with van der Waals surface area (Å²) >= 11 is 0. The van der Waals surface area contributed by atoms with Gasteiger partial charge in [-0.15, -0.1) is 0 Å². The van der Waals surface area contributed by atoms with Crippen molar-refractivity contribution < 1.29 is 5.11 Å². The first-order chi connectivity index (χ1) is 7.70. The summed E-state index contributed by atoms with van der Waals surface area (Å²) in [5.41, 5.74) is 1.30. The Kier molecular flexibility index (Phi) is 3.49. The van der Waals surface area contributed by atoms with Crippen LogP contribution in [0.2, 0.25) is 0 Å². The molecular formula is C14H21NO. The molecule has 16 heavy (non-hydrogen) atoms. The fraction of sp³-hybridized carbons (Fsp3) is 0.571. The number of phenolic OH excluding ortho intramolecular Hbond substituents is 1. The minimum atomic E-state index is 0.352. The average Bonchev–Trinajstić information content (AvgIpc) is 2.63. The normalized spacial score (nSPS) is 26.1. The van der Waals surface area contributed by atoms with Crippen molar-refractivity contribution in [1.82, 2.24) is 4.90 Å². The molecule has 2 atom stereocenters. The van der Waals surface area contributed by atoms with Crippen molar-refractivity contribution in [2.45, 2.75) is 51.7 Å². The molecule has 2 nitrogen and oxygen atoms in total. The maximum Gasteiger partial charge on any atom is 0.115 e. The Labute approximate surface area is 97.9 Å². The molecule has 1 aliphatic heterocycles. The number of nitrogens with zero attached hydrogens (tertiary/aromatic N) is 1. The summed E-state index contributed by atoms with van der Waals surface area (Å²) < 4.78 is 0. The van der Waals surface area contributed by atoms with Crippen LogP contribution in [0, 0.1) is 0 Å². The van der Waals surface area contributed by atoms with E-state index in [0.29, 0.717) is 11.8 Å². The number of hydrogen-bond acceptors (Lipinski definition) is 2. The lowest BCUT2D eigenvalue weighted by Gasteiger charge is -2.27. The fourth-order valence-electron chi connectivity index (χ4n) is 2.66. The molecule has 2 unspecified atom stereocenters. The van der Waals surface area contributed by atoms with Crippen LogP contribution in [0.5, 0.6) is 5.75 Å². The third kappa shape index (κ3) is 2.38. The van der Waals surface area contributed by atoms with Crippen molar-refractivity contribution in [3.63, 3.8) is 0 Å². The quantitative estimate of drug-likeness (QED) is 0.844. The van der Waals surface area contributed by atoms with E-state index < -0.39 is 0 Å². The van der Waals surface area contributed by atoms with E-state index in [9.17, 15) is 5.11 Å². The van der Waals surface area contributed by atoms with Gasteiger partial charge in [-0.1, -0.05) is 19.1 Å². The highest BCUT2D eigenvalue weighted by molar-refractivity contribution is 5.26. The lowest BCUT2D eigenvalue weighted by atomic mass is 10.1. The van der Waals surface area contributed by atoms with Crippen LogP contribution in [-0.2, 0) is 6.54 Å². The molecule has 0 bridgehead atoms. The first-order valence-corrected chi connectivity index (χ1v) is 6.24. The molecular weight excluding hydrogens is 198 g/mol. The Balaban J connectivity index is 2.05. The van der Waals surface area contributed by atoms with Crippen molar-refractivity contribution in [2.75, 3.05) is 0 Å². The van der Waals surface area contributed by atoms with Gasteiger partial charge in [-0.3, -0.25) is 4.90 Å². The summed E-state index contributed by atoms with van der Waals surface area (Å²) in [7, 11) is 0. The van der Waals surface area contributed by atoms with E-state index in [0.717, 1.165) is 12.6 Å². The summed E-state index contributed by atoms with van der Waals surface area (Å²) in [6.45, 7) is 5.60. The number of hydrogen-bond donors (Lipinski definition) is 1. The van der Waals surface area contributed by atoms with Crippen molar-refractivity contribution in [3.8, 4) is 5.75 Å². The third-order valence-electron chi connectivity index (χ3n) is 3.73. The molecule has 0 amide bonds. The van der Waals surface area contributed by atoms with Gasteiger partial charge < -0.3 is 5.11 Å². The maximum absolute atomic E-state index is 9.25. The Bertz CT molecular complexity index is 333. The highest BCUT2D eigenvalue weighted by Crippen LogP contribution is 2.28. The van der Waals surface area contributed by atoms with Crippen molar-refractivity contribution in [3.05, 3.63) is 29.8 Å². The van der Waals surface area contributed by atoms with Crippen LogP contribution in [0.3, 0.4) is 0 Å². The van der Waals surface area contributed by atoms with Crippen molar-refractivity contribution in [2.24, 2.45) is 0 Å². The maximum atomic E-state index is 9.25. The zero-order valence-corrected chi connectivity index (χ0v) is 10.2. The Morgan fingerprint density at radius 3 is 2.56 bits per heavy atom. The van der Waals surface area contributed by atoms with Crippen LogP contribution < -0.4 is 0 Å². The zero-order chi connectivity index (χ0) is 11.5. The highest BCUT2D eigenvalue weighted by atomic mass is 16.3. The van der Waals surface area contributed by atoms with Gasteiger partial charge in [0.05, 0.1) is 0 Å². The van der Waals surface area contributed by atoms with Gasteiger partial charge in [0.1, 0.15) is 5.75 Å². The van der Waals surface area contributed by atoms with Gasteiger partial charge in [0.15, 0.2) is 0 Å². The molecule has 88 valence electrons. The van der Waals surface area contributed by atoms with Gasteiger partial charge in [0.2, 0.25) is 0 Å². The second-order valence-electron chi connectivity index (χ2n) is 4.83. The van der Waals surface area contributed by atoms with Crippen LogP contribution in [0.1, 0.15) is 38.7 Å². The van der Waals surface area contributed by atoms with Crippen LogP contribution >= 0.6 is 0 Å². The van der Waals surface area contributed by atoms with E-state index in [1.54, 1.807) is 12.1 Å². The molecule has 0 radical (unpaired) electrons. The van der Waals surface area contributed by atoms with E-state index in [4.69, 9.17) is 0 Å². The van der Waals surface area contributed by atoms with E-state index >= 15 is 0 Å². The largest absolute Gasteiger partial charge is 0.508 e. The van der Waals surface area contributed by atoms with E-state index in [-0.39, 0.29) is 0 Å². The smallest absolute Gasteiger partial charge is 0.115 e. The monoisotopic (exact) mass is 219 g/mol. The molecule has 1 saturated heterocycles. The highest BCUT2D eigenvalue weighted by Gasteiger charge is 2.28. The van der Waals surface area contributed by atoms with E-state index in [2.05, 4.69) is 18.7 Å². The minimum Gasteiger partial charge on any atom is -0.508 e. The lowest BCUT2D eigenvalue weighted by molar-refractivity contribution is 0.189. The van der Waals surface area contributed by atoms with Gasteiger partial charge in [-0.25, -0.2) is 0 Å². The molecule has 0 spiro atoms. The number of phenols is 1. The molecule has 2 heteroatoms. The van der Waals surface area contributed by atoms with Crippen LogP contribution in [0.15, 0.2) is 24.3 Å². The van der Waals surface area contributed by atoms with Crippen molar-refractivity contribution >= 4 is 0 Å². The standard InChI is InChI=1S/C14H21NO/c1-3-13-7-4-11(2)15(13)10-12-5-8-14(16)9-6-12/h5-6,8-9,11,13,16H,3-4,7,10H2,1-2H3. The van der Waals surface area contributed by atoms with Crippen molar-refractivity contribution in [1.29, 1.82) is 0 Å². The van der Waals surface area contributed by atoms with Crippen LogP contribution in [-0.4, -0.2) is 22.1 Å². The molecule has 1 aromatic carbocycles. The molecule has 1 aromatic rings. The van der Waals surface area contributed by atoms with Gasteiger partial charge in [0.25, 0.3) is 0 Å². The SMILES string of the molecule is CCC1CCC(C)N1Cc1ccc(O)cc1. The molecule has 0 aliphatic carbocycles. The van der Waals surface area contributed by atoms with Gasteiger partial charge >= 0.3 is 0 Å². The topological polar surface area (TPSA) is 23.5 Å². The third-order valence-corrected chi connectivity index (χ3v) is 3.73. The summed E-state index contributed by atoms with van der Waals surface area (Å²) in [5.74, 6) is 0.352. The number of rotatable bonds is 3. The molecule has 1 heterocycles. The molecule has 1 aliphatic rings. The number of benzene rings is 1. The second kappa shape index (κ2) is 4.88. The lowest BCUT2D eigenvalue weighted by Crippen LogP contribution is -2.33. The van der Waals surface area contributed by atoms with E-state index in [1.807, 2.05) is 12.1 Å². The van der Waals surface area contributed by atoms with Crippen LogP contribution in [0.4, 0.5) is 0 Å². The molecule has 1 fully saturated rings. The predicted molar refractivity (Wildman–Crippen MR) is 66.4 cm³/mol. The van der Waals surface area contributed by atoms with Gasteiger partial charge in [-0.05, 0) is 43.9 Å². The summed E-state index contributed by atoms with van der Waals surface area (Å²) in [6.07, 6.45) is 3.88. The summed E-state index contributed by atoms with van der Waals surface area (Å²) in [4.78, 5) is 2.59. The summed E-state index contributed by atoms with van der Waals surface area (Å²) in [6, 6.07) is 9.02. The average molecular weight is 219 g/mol.